The number of hydrogen-bond acceptors (Lipinski definition) is 2. The van der Waals surface area contributed by atoms with Gasteiger partial charge < -0.3 is 11.1 Å². The standard InChI is InChI=1S/C19H32N4.HI/c1-2-23-15-9-13-18(23)16-22-19(20)21-14-8-4-7-12-17-10-5-3-6-11-17;/h3,5-6,10-11,18H,2,4,7-9,12-16H2,1H3,(H3,20,21,22);1H. The first kappa shape index (κ1) is 21.2. The summed E-state index contributed by atoms with van der Waals surface area (Å²) in [6.45, 7) is 6.31. The first-order valence-electron chi connectivity index (χ1n) is 9.11. The predicted octanol–water partition coefficient (Wildman–Crippen LogP) is 3.41. The Hall–Kier alpha value is -0.820. The maximum absolute atomic E-state index is 5.96. The van der Waals surface area contributed by atoms with E-state index in [1.54, 1.807) is 0 Å². The summed E-state index contributed by atoms with van der Waals surface area (Å²) >= 11 is 0. The molecule has 3 N–H and O–H groups in total. The highest BCUT2D eigenvalue weighted by molar-refractivity contribution is 14.0. The minimum absolute atomic E-state index is 0. The number of hydrogen-bond donors (Lipinski definition) is 2. The fraction of sp³-hybridized carbons (Fsp3) is 0.632. The third-order valence-corrected chi connectivity index (χ3v) is 4.67. The molecule has 4 nitrogen and oxygen atoms in total. The minimum atomic E-state index is 0. The fourth-order valence-corrected chi connectivity index (χ4v) is 3.27. The molecule has 0 amide bonds. The van der Waals surface area contributed by atoms with Crippen LogP contribution in [-0.4, -0.2) is 43.1 Å². The van der Waals surface area contributed by atoms with Crippen LogP contribution in [0.1, 0.15) is 44.6 Å². The molecule has 0 spiro atoms. The molecule has 1 aliphatic rings. The predicted molar refractivity (Wildman–Crippen MR) is 114 cm³/mol. The van der Waals surface area contributed by atoms with E-state index >= 15 is 0 Å². The fourth-order valence-electron chi connectivity index (χ4n) is 3.27. The maximum atomic E-state index is 5.96. The van der Waals surface area contributed by atoms with Crippen molar-refractivity contribution in [3.05, 3.63) is 35.9 Å². The number of guanidine groups is 1. The van der Waals surface area contributed by atoms with E-state index < -0.39 is 0 Å². The summed E-state index contributed by atoms with van der Waals surface area (Å²) in [5, 5.41) is 3.25. The molecule has 0 aromatic heterocycles. The van der Waals surface area contributed by atoms with E-state index in [4.69, 9.17) is 5.73 Å². The van der Waals surface area contributed by atoms with Crippen molar-refractivity contribution >= 4 is 29.9 Å². The molecule has 1 fully saturated rings. The van der Waals surface area contributed by atoms with Crippen molar-refractivity contribution in [1.82, 2.24) is 10.2 Å². The van der Waals surface area contributed by atoms with Crippen LogP contribution in [0.25, 0.3) is 0 Å². The van der Waals surface area contributed by atoms with E-state index in [-0.39, 0.29) is 24.0 Å². The molecule has 1 unspecified atom stereocenters. The van der Waals surface area contributed by atoms with Gasteiger partial charge in [-0.25, -0.2) is 0 Å². The number of halogens is 1. The van der Waals surface area contributed by atoms with Crippen molar-refractivity contribution in [2.24, 2.45) is 10.7 Å². The molecule has 1 atom stereocenters. The number of aliphatic imine (C=N–C) groups is 1. The quantitative estimate of drug-likeness (QED) is 0.266. The molecule has 5 heteroatoms. The van der Waals surface area contributed by atoms with E-state index in [9.17, 15) is 0 Å². The number of nitrogens with one attached hydrogen (secondary N) is 1. The van der Waals surface area contributed by atoms with Crippen LogP contribution in [0.4, 0.5) is 0 Å². The molecule has 136 valence electrons. The Morgan fingerprint density at radius 2 is 2.04 bits per heavy atom. The number of aryl methyl sites for hydroxylation is 1. The summed E-state index contributed by atoms with van der Waals surface area (Å²) < 4.78 is 0. The van der Waals surface area contributed by atoms with Crippen LogP contribution in [-0.2, 0) is 6.42 Å². The molecule has 0 saturated carbocycles. The molecule has 1 saturated heterocycles. The van der Waals surface area contributed by atoms with Crippen LogP contribution in [0.5, 0.6) is 0 Å². The molecule has 1 aromatic rings. The largest absolute Gasteiger partial charge is 0.370 e. The minimum Gasteiger partial charge on any atom is -0.370 e. The van der Waals surface area contributed by atoms with Gasteiger partial charge in [0.1, 0.15) is 0 Å². The topological polar surface area (TPSA) is 53.6 Å². The molecule has 0 radical (unpaired) electrons. The number of benzene rings is 1. The van der Waals surface area contributed by atoms with Crippen LogP contribution in [0.3, 0.4) is 0 Å². The van der Waals surface area contributed by atoms with Gasteiger partial charge in [0.25, 0.3) is 0 Å². The third-order valence-electron chi connectivity index (χ3n) is 4.67. The highest BCUT2D eigenvalue weighted by atomic mass is 127. The average molecular weight is 444 g/mol. The van der Waals surface area contributed by atoms with E-state index in [1.807, 2.05) is 0 Å². The normalized spacial score (nSPS) is 18.4. The second-order valence-electron chi connectivity index (χ2n) is 6.37. The van der Waals surface area contributed by atoms with Crippen molar-refractivity contribution in [1.29, 1.82) is 0 Å². The van der Waals surface area contributed by atoms with Gasteiger partial charge in [-0.1, -0.05) is 43.7 Å². The maximum Gasteiger partial charge on any atom is 0.188 e. The molecule has 0 bridgehead atoms. The van der Waals surface area contributed by atoms with E-state index in [2.05, 4.69) is 52.5 Å². The van der Waals surface area contributed by atoms with Crippen molar-refractivity contribution in [2.45, 2.75) is 51.5 Å². The lowest BCUT2D eigenvalue weighted by molar-refractivity contribution is 0.273. The van der Waals surface area contributed by atoms with Crippen LogP contribution >= 0.6 is 24.0 Å². The van der Waals surface area contributed by atoms with E-state index in [0.29, 0.717) is 12.0 Å². The molecule has 1 aliphatic heterocycles. The zero-order valence-corrected chi connectivity index (χ0v) is 17.2. The number of nitrogens with zero attached hydrogens (tertiary/aromatic N) is 2. The number of unbranched alkanes of at least 4 members (excludes halogenated alkanes) is 2. The number of likely N-dealkylation sites (tertiary alicyclic amines) is 1. The van der Waals surface area contributed by atoms with Gasteiger partial charge in [-0.15, -0.1) is 24.0 Å². The Labute approximate surface area is 164 Å². The van der Waals surface area contributed by atoms with Gasteiger partial charge in [0.05, 0.1) is 6.54 Å². The Morgan fingerprint density at radius 3 is 2.79 bits per heavy atom. The Bertz CT molecular complexity index is 464. The lowest BCUT2D eigenvalue weighted by atomic mass is 10.1. The summed E-state index contributed by atoms with van der Waals surface area (Å²) in [6, 6.07) is 11.3. The molecule has 0 aliphatic carbocycles. The van der Waals surface area contributed by atoms with Crippen LogP contribution < -0.4 is 11.1 Å². The summed E-state index contributed by atoms with van der Waals surface area (Å²) in [6.07, 6.45) is 7.32. The van der Waals surface area contributed by atoms with Crippen LogP contribution in [0.2, 0.25) is 0 Å². The van der Waals surface area contributed by atoms with Crippen LogP contribution in [0.15, 0.2) is 35.3 Å². The molecular formula is C19H33IN4. The third kappa shape index (κ3) is 7.83. The van der Waals surface area contributed by atoms with Crippen LogP contribution in [0, 0.1) is 0 Å². The van der Waals surface area contributed by atoms with Gasteiger partial charge >= 0.3 is 0 Å². The number of likely N-dealkylation sites (N-methyl/N-ethyl adjacent to an activating group) is 1. The monoisotopic (exact) mass is 444 g/mol. The summed E-state index contributed by atoms with van der Waals surface area (Å²) in [5.41, 5.74) is 7.39. The second kappa shape index (κ2) is 12.5. The first-order chi connectivity index (χ1) is 11.3. The Kier molecular flexibility index (Phi) is 11.1. The first-order valence-corrected chi connectivity index (χ1v) is 9.11. The molecule has 1 aromatic carbocycles. The zero-order chi connectivity index (χ0) is 16.3. The number of nitrogens with two attached hydrogens (primary N) is 1. The van der Waals surface area contributed by atoms with E-state index in [1.165, 1.54) is 44.2 Å². The SMILES string of the molecule is CCN1CCCC1CN=C(N)NCCCCCc1ccccc1.I. The zero-order valence-electron chi connectivity index (χ0n) is 14.9. The molecule has 1 heterocycles. The highest BCUT2D eigenvalue weighted by Crippen LogP contribution is 2.16. The second-order valence-corrected chi connectivity index (χ2v) is 6.37. The van der Waals surface area contributed by atoms with Gasteiger partial charge in [-0.05, 0) is 50.8 Å². The van der Waals surface area contributed by atoms with Crippen molar-refractivity contribution in [2.75, 3.05) is 26.2 Å². The van der Waals surface area contributed by atoms with Crippen molar-refractivity contribution in [3.8, 4) is 0 Å². The molecular weight excluding hydrogens is 411 g/mol. The number of rotatable bonds is 9. The summed E-state index contributed by atoms with van der Waals surface area (Å²) in [5.74, 6) is 0.607. The van der Waals surface area contributed by atoms with Crippen molar-refractivity contribution < 1.29 is 0 Å². The lowest BCUT2D eigenvalue weighted by Gasteiger charge is -2.20. The van der Waals surface area contributed by atoms with E-state index in [0.717, 1.165) is 26.1 Å². The summed E-state index contributed by atoms with van der Waals surface area (Å²) in [4.78, 5) is 7.01. The molecule has 2 rings (SSSR count). The van der Waals surface area contributed by atoms with Gasteiger partial charge in [-0.3, -0.25) is 9.89 Å². The van der Waals surface area contributed by atoms with Gasteiger partial charge in [0.15, 0.2) is 5.96 Å². The lowest BCUT2D eigenvalue weighted by Crippen LogP contribution is -2.36. The smallest absolute Gasteiger partial charge is 0.188 e. The highest BCUT2D eigenvalue weighted by Gasteiger charge is 2.22. The Balaban J connectivity index is 0.00000288. The van der Waals surface area contributed by atoms with Gasteiger partial charge in [-0.2, -0.15) is 0 Å². The van der Waals surface area contributed by atoms with Crippen molar-refractivity contribution in [3.63, 3.8) is 0 Å². The summed E-state index contributed by atoms with van der Waals surface area (Å²) in [7, 11) is 0. The average Bonchev–Trinajstić information content (AvgIpc) is 3.04. The van der Waals surface area contributed by atoms with Gasteiger partial charge in [0, 0.05) is 12.6 Å². The van der Waals surface area contributed by atoms with Gasteiger partial charge in [0.2, 0.25) is 0 Å². The molecule has 24 heavy (non-hydrogen) atoms. The Morgan fingerprint density at radius 1 is 1.25 bits per heavy atom.